The maximum atomic E-state index is 13.1. The minimum absolute atomic E-state index is 0.0522. The monoisotopic (exact) mass is 429 g/mol. The van der Waals surface area contributed by atoms with Gasteiger partial charge in [0.15, 0.2) is 0 Å². The second-order valence-electron chi connectivity index (χ2n) is 8.29. The molecule has 31 heavy (non-hydrogen) atoms. The van der Waals surface area contributed by atoms with E-state index in [1.54, 1.807) is 0 Å². The predicted octanol–water partition coefficient (Wildman–Crippen LogP) is 0.733. The highest BCUT2D eigenvalue weighted by Gasteiger charge is 2.32. The molecule has 0 bridgehead atoms. The van der Waals surface area contributed by atoms with Crippen molar-refractivity contribution in [2.45, 2.75) is 18.9 Å². The molecule has 2 aliphatic rings. The largest absolute Gasteiger partial charge is 0.348 e. The lowest BCUT2D eigenvalue weighted by molar-refractivity contribution is -0.136. The topological polar surface area (TPSA) is 97.5 Å². The third kappa shape index (κ3) is 5.19. The number of aromatic amines is 1. The number of amides is 2. The van der Waals surface area contributed by atoms with Gasteiger partial charge in [0.25, 0.3) is 5.91 Å². The fourth-order valence-electron chi connectivity index (χ4n) is 4.35. The van der Waals surface area contributed by atoms with Gasteiger partial charge < -0.3 is 20.0 Å². The van der Waals surface area contributed by atoms with E-state index >= 15 is 0 Å². The minimum atomic E-state index is -0.367. The van der Waals surface area contributed by atoms with Crippen LogP contribution < -0.4 is 10.2 Å². The Balaban J connectivity index is 1.30. The van der Waals surface area contributed by atoms with Gasteiger partial charge in [-0.25, -0.2) is 9.49 Å². The molecule has 2 aromatic rings. The summed E-state index contributed by atoms with van der Waals surface area (Å²) in [6.07, 6.45) is 2.94. The van der Waals surface area contributed by atoms with Crippen molar-refractivity contribution in [1.82, 2.24) is 30.3 Å². The maximum Gasteiger partial charge on any atom is 0.251 e. The molecule has 0 spiro atoms. The van der Waals surface area contributed by atoms with Crippen molar-refractivity contribution in [3.05, 3.63) is 42.0 Å². The van der Waals surface area contributed by atoms with E-state index in [2.05, 4.69) is 30.3 Å². The van der Waals surface area contributed by atoms with Crippen LogP contribution in [0.4, 0.5) is 10.3 Å². The molecule has 2 aliphatic heterocycles. The Morgan fingerprint density at radius 3 is 2.52 bits per heavy atom. The van der Waals surface area contributed by atoms with Gasteiger partial charge in [0.1, 0.15) is 12.1 Å². The molecule has 9 nitrogen and oxygen atoms in total. The van der Waals surface area contributed by atoms with E-state index in [0.717, 1.165) is 31.9 Å². The number of nitrogens with zero attached hydrogens (tertiary/aromatic N) is 5. The number of hydrogen-bond acceptors (Lipinski definition) is 6. The zero-order chi connectivity index (χ0) is 21.8. The molecule has 1 aromatic carbocycles. The Morgan fingerprint density at radius 1 is 1.10 bits per heavy atom. The minimum Gasteiger partial charge on any atom is -0.348 e. The number of carbonyl (C=O) groups excluding carboxylic acids is 2. The van der Waals surface area contributed by atoms with Crippen molar-refractivity contribution in [1.29, 1.82) is 0 Å². The summed E-state index contributed by atoms with van der Waals surface area (Å²) >= 11 is 0. The summed E-state index contributed by atoms with van der Waals surface area (Å²) in [7, 11) is 1.98. The molecule has 0 radical (unpaired) electrons. The summed E-state index contributed by atoms with van der Waals surface area (Å²) in [4.78, 5) is 35.9. The highest BCUT2D eigenvalue weighted by atomic mass is 19.1. The molecule has 0 aliphatic carbocycles. The van der Waals surface area contributed by atoms with Gasteiger partial charge in [-0.2, -0.15) is 10.1 Å². The summed E-state index contributed by atoms with van der Waals surface area (Å²) in [6, 6.07) is 5.48. The molecule has 2 amide bonds. The SMILES string of the molecule is CN1C[C@@H](NC(=O)c2ccc(F)cc2)CC[C@@H](C(=O)N2CCN(c3ncn[nH]3)CC2)C1. The lowest BCUT2D eigenvalue weighted by atomic mass is 9.99. The Hall–Kier alpha value is -3.01. The molecule has 2 fully saturated rings. The van der Waals surface area contributed by atoms with Gasteiger partial charge in [-0.1, -0.05) is 0 Å². The molecule has 4 rings (SSSR count). The highest BCUT2D eigenvalue weighted by molar-refractivity contribution is 5.94. The number of nitrogens with one attached hydrogen (secondary N) is 2. The van der Waals surface area contributed by atoms with Crippen LogP contribution in [-0.2, 0) is 4.79 Å². The van der Waals surface area contributed by atoms with Crippen LogP contribution in [0.15, 0.2) is 30.6 Å². The number of benzene rings is 1. The first-order valence-electron chi connectivity index (χ1n) is 10.6. The zero-order valence-corrected chi connectivity index (χ0v) is 17.6. The number of likely N-dealkylation sites (tertiary alicyclic amines) is 1. The normalized spacial score (nSPS) is 22.8. The van der Waals surface area contributed by atoms with Crippen LogP contribution >= 0.6 is 0 Å². The van der Waals surface area contributed by atoms with Crippen LogP contribution in [0.2, 0.25) is 0 Å². The molecule has 2 atom stereocenters. The first-order chi connectivity index (χ1) is 15.0. The van der Waals surface area contributed by atoms with Crippen LogP contribution in [0, 0.1) is 11.7 Å². The van der Waals surface area contributed by atoms with E-state index < -0.39 is 0 Å². The summed E-state index contributed by atoms with van der Waals surface area (Å²) < 4.78 is 13.1. The number of halogens is 1. The van der Waals surface area contributed by atoms with E-state index in [4.69, 9.17) is 0 Å². The Morgan fingerprint density at radius 2 is 1.84 bits per heavy atom. The van der Waals surface area contributed by atoms with Crippen molar-refractivity contribution >= 4 is 17.8 Å². The molecule has 3 heterocycles. The molecule has 2 saturated heterocycles. The van der Waals surface area contributed by atoms with Crippen molar-refractivity contribution in [2.75, 3.05) is 51.2 Å². The van der Waals surface area contributed by atoms with Crippen LogP contribution in [0.1, 0.15) is 23.2 Å². The molecule has 10 heteroatoms. The van der Waals surface area contributed by atoms with Crippen LogP contribution in [0.25, 0.3) is 0 Å². The van der Waals surface area contributed by atoms with Gasteiger partial charge in [0.05, 0.1) is 5.92 Å². The van der Waals surface area contributed by atoms with E-state index in [0.29, 0.717) is 31.7 Å². The number of H-pyrrole nitrogens is 1. The van der Waals surface area contributed by atoms with Crippen LogP contribution in [-0.4, -0.2) is 89.2 Å². The van der Waals surface area contributed by atoms with Gasteiger partial charge in [0.2, 0.25) is 11.9 Å². The maximum absolute atomic E-state index is 13.1. The van der Waals surface area contributed by atoms with Gasteiger partial charge in [-0.05, 0) is 44.2 Å². The van der Waals surface area contributed by atoms with E-state index in [9.17, 15) is 14.0 Å². The number of anilines is 1. The number of piperazine rings is 1. The highest BCUT2D eigenvalue weighted by Crippen LogP contribution is 2.20. The van der Waals surface area contributed by atoms with Crippen molar-refractivity contribution < 1.29 is 14.0 Å². The fourth-order valence-corrected chi connectivity index (χ4v) is 4.35. The molecule has 166 valence electrons. The average Bonchev–Trinajstić information content (AvgIpc) is 3.25. The third-order valence-corrected chi connectivity index (χ3v) is 6.01. The second kappa shape index (κ2) is 9.42. The zero-order valence-electron chi connectivity index (χ0n) is 17.6. The van der Waals surface area contributed by atoms with Crippen LogP contribution in [0.3, 0.4) is 0 Å². The van der Waals surface area contributed by atoms with Crippen LogP contribution in [0.5, 0.6) is 0 Å². The smallest absolute Gasteiger partial charge is 0.251 e. The first-order valence-corrected chi connectivity index (χ1v) is 10.6. The molecule has 1 aromatic heterocycles. The average molecular weight is 430 g/mol. The standard InChI is InChI=1S/C21H28FN7O2/c1-27-12-16(20(31)28-8-10-29(11-9-28)21-23-14-24-26-21)4-7-18(13-27)25-19(30)15-2-5-17(22)6-3-15/h2-3,5-6,14,16,18H,4,7-13H2,1H3,(H,25,30)(H,23,24,26)/t16-,18+/m1/s1. The predicted molar refractivity (Wildman–Crippen MR) is 113 cm³/mol. The number of rotatable bonds is 4. The lowest BCUT2D eigenvalue weighted by Crippen LogP contribution is -2.51. The summed E-state index contributed by atoms with van der Waals surface area (Å²) in [6.45, 7) is 4.11. The second-order valence-corrected chi connectivity index (χ2v) is 8.29. The van der Waals surface area contributed by atoms with Gasteiger partial charge in [-0.15, -0.1) is 0 Å². The summed E-state index contributed by atoms with van der Waals surface area (Å²) in [5.74, 6) is 0.241. The first kappa shape index (κ1) is 21.2. The van der Waals surface area contributed by atoms with Crippen molar-refractivity contribution in [2.24, 2.45) is 5.92 Å². The van der Waals surface area contributed by atoms with E-state index in [1.165, 1.54) is 30.6 Å². The lowest BCUT2D eigenvalue weighted by Gasteiger charge is -2.36. The Kier molecular flexibility index (Phi) is 6.45. The Labute approximate surface area is 180 Å². The van der Waals surface area contributed by atoms with E-state index in [-0.39, 0.29) is 29.6 Å². The van der Waals surface area contributed by atoms with Gasteiger partial charge in [0, 0.05) is 50.9 Å². The number of aromatic nitrogens is 3. The Bertz CT molecular complexity index is 882. The molecule has 0 saturated carbocycles. The van der Waals surface area contributed by atoms with Crippen molar-refractivity contribution in [3.8, 4) is 0 Å². The van der Waals surface area contributed by atoms with Crippen molar-refractivity contribution in [3.63, 3.8) is 0 Å². The number of hydrogen-bond donors (Lipinski definition) is 2. The summed E-state index contributed by atoms with van der Waals surface area (Å²) in [5.41, 5.74) is 0.436. The molecule has 0 unspecified atom stereocenters. The third-order valence-electron chi connectivity index (χ3n) is 6.01. The fraction of sp³-hybridized carbons (Fsp3) is 0.524. The van der Waals surface area contributed by atoms with Gasteiger partial charge in [-0.3, -0.25) is 9.59 Å². The number of carbonyl (C=O) groups is 2. The van der Waals surface area contributed by atoms with Gasteiger partial charge >= 0.3 is 0 Å². The summed E-state index contributed by atoms with van der Waals surface area (Å²) in [5, 5.41) is 9.78. The molecule has 2 N–H and O–H groups in total. The quantitative estimate of drug-likeness (QED) is 0.744. The molecular formula is C21H28FN7O2. The number of likely N-dealkylation sites (N-methyl/N-ethyl adjacent to an activating group) is 1. The molecular weight excluding hydrogens is 401 g/mol. The van der Waals surface area contributed by atoms with E-state index in [1.807, 2.05) is 11.9 Å².